The van der Waals surface area contributed by atoms with Gasteiger partial charge < -0.3 is 25.1 Å². The first-order valence-electron chi connectivity index (χ1n) is 6.91. The average Bonchev–Trinajstić information content (AvgIpc) is 2.53. The molecule has 2 aromatic carbocycles. The first-order chi connectivity index (χ1) is 10.5. The summed E-state index contributed by atoms with van der Waals surface area (Å²) in [6.45, 7) is 2.43. The van der Waals surface area contributed by atoms with E-state index in [-0.39, 0.29) is 0 Å². The molecule has 0 aliphatic rings. The molecule has 0 aliphatic heterocycles. The molecule has 116 valence electrons. The van der Waals surface area contributed by atoms with Crippen LogP contribution in [0, 0.1) is 6.92 Å². The minimum Gasteiger partial charge on any atom is -0.544 e. The lowest BCUT2D eigenvalue weighted by atomic mass is 10.1. The molecule has 2 aromatic rings. The lowest BCUT2D eigenvalue weighted by molar-refractivity contribution is -0.443. The maximum Gasteiger partial charge on any atom is 0.161 e. The molecule has 0 saturated heterocycles. The zero-order valence-electron chi connectivity index (χ0n) is 12.7. The van der Waals surface area contributed by atoms with Crippen LogP contribution in [0.4, 0.5) is 0 Å². The van der Waals surface area contributed by atoms with E-state index < -0.39 is 12.0 Å². The summed E-state index contributed by atoms with van der Waals surface area (Å²) in [6.07, 6.45) is 0. The molecule has 3 N–H and O–H groups in total. The summed E-state index contributed by atoms with van der Waals surface area (Å²) in [5.74, 6) is -0.202. The SMILES string of the molecule is COc1cc([C@H]([NH3+])C(=O)[O-])ccc1OCc1ccc(C)cc1. The van der Waals surface area contributed by atoms with Crippen LogP contribution in [0.5, 0.6) is 11.5 Å². The zero-order valence-corrected chi connectivity index (χ0v) is 12.7. The van der Waals surface area contributed by atoms with Crippen LogP contribution in [-0.2, 0) is 11.4 Å². The standard InChI is InChI=1S/C17H19NO4/c1-11-3-5-12(6-4-11)10-22-14-8-7-13(9-15(14)21-2)16(18)17(19)20/h3-9,16H,10,18H2,1-2H3,(H,19,20)/t16-/m0/s1. The van der Waals surface area contributed by atoms with E-state index >= 15 is 0 Å². The molecular weight excluding hydrogens is 282 g/mol. The van der Waals surface area contributed by atoms with Gasteiger partial charge in [0.05, 0.1) is 7.11 Å². The van der Waals surface area contributed by atoms with Gasteiger partial charge >= 0.3 is 0 Å². The summed E-state index contributed by atoms with van der Waals surface area (Å²) in [7, 11) is 1.51. The highest BCUT2D eigenvalue weighted by Crippen LogP contribution is 2.30. The van der Waals surface area contributed by atoms with Crippen LogP contribution in [0.3, 0.4) is 0 Å². The van der Waals surface area contributed by atoms with Crippen LogP contribution < -0.4 is 20.3 Å². The van der Waals surface area contributed by atoms with Crippen LogP contribution in [0.25, 0.3) is 0 Å². The van der Waals surface area contributed by atoms with Gasteiger partial charge in [-0.05, 0) is 30.7 Å². The third kappa shape index (κ3) is 3.77. The largest absolute Gasteiger partial charge is 0.544 e. The van der Waals surface area contributed by atoms with Crippen molar-refractivity contribution in [3.63, 3.8) is 0 Å². The van der Waals surface area contributed by atoms with E-state index in [4.69, 9.17) is 9.47 Å². The van der Waals surface area contributed by atoms with E-state index in [0.29, 0.717) is 23.7 Å². The molecule has 0 radical (unpaired) electrons. The second-order valence-corrected chi connectivity index (χ2v) is 5.06. The van der Waals surface area contributed by atoms with Gasteiger partial charge in [-0.2, -0.15) is 0 Å². The van der Waals surface area contributed by atoms with Crippen molar-refractivity contribution in [3.8, 4) is 11.5 Å². The van der Waals surface area contributed by atoms with Gasteiger partial charge in [-0.1, -0.05) is 29.8 Å². The molecule has 1 atom stereocenters. The van der Waals surface area contributed by atoms with Gasteiger partial charge in [0, 0.05) is 5.56 Å². The van der Waals surface area contributed by atoms with Crippen molar-refractivity contribution in [1.82, 2.24) is 0 Å². The number of hydrogen-bond donors (Lipinski definition) is 1. The van der Waals surface area contributed by atoms with Crippen molar-refractivity contribution < 1.29 is 25.1 Å². The monoisotopic (exact) mass is 301 g/mol. The summed E-state index contributed by atoms with van der Waals surface area (Å²) in [6, 6.07) is 12.0. The Kier molecular flexibility index (Phi) is 5.01. The molecule has 0 unspecified atom stereocenters. The number of benzene rings is 2. The van der Waals surface area contributed by atoms with Crippen LogP contribution >= 0.6 is 0 Å². The zero-order chi connectivity index (χ0) is 16.1. The van der Waals surface area contributed by atoms with Gasteiger partial charge in [0.25, 0.3) is 0 Å². The smallest absolute Gasteiger partial charge is 0.161 e. The van der Waals surface area contributed by atoms with Crippen molar-refractivity contribution >= 4 is 5.97 Å². The van der Waals surface area contributed by atoms with E-state index in [1.807, 2.05) is 31.2 Å². The minimum atomic E-state index is -1.23. The van der Waals surface area contributed by atoms with Crippen LogP contribution in [0.2, 0.25) is 0 Å². The molecule has 0 fully saturated rings. The fourth-order valence-corrected chi connectivity index (χ4v) is 2.00. The third-order valence-corrected chi connectivity index (χ3v) is 3.39. The minimum absolute atomic E-state index is 0.407. The second-order valence-electron chi connectivity index (χ2n) is 5.06. The van der Waals surface area contributed by atoms with E-state index in [0.717, 1.165) is 5.56 Å². The van der Waals surface area contributed by atoms with Crippen molar-refractivity contribution in [2.45, 2.75) is 19.6 Å². The van der Waals surface area contributed by atoms with Crippen LogP contribution in [0.15, 0.2) is 42.5 Å². The third-order valence-electron chi connectivity index (χ3n) is 3.39. The maximum atomic E-state index is 10.9. The summed E-state index contributed by atoms with van der Waals surface area (Å²) in [4.78, 5) is 10.9. The molecule has 0 spiro atoms. The van der Waals surface area contributed by atoms with Gasteiger partial charge in [0.2, 0.25) is 0 Å². The molecule has 0 saturated carbocycles. The molecule has 0 heterocycles. The first-order valence-corrected chi connectivity index (χ1v) is 6.91. The predicted octanol–water partition coefficient (Wildman–Crippen LogP) is 0.616. The Morgan fingerprint density at radius 3 is 2.45 bits per heavy atom. The van der Waals surface area contributed by atoms with Crippen LogP contribution in [-0.4, -0.2) is 13.1 Å². The van der Waals surface area contributed by atoms with E-state index in [2.05, 4.69) is 5.73 Å². The molecule has 0 bridgehead atoms. The first kappa shape index (κ1) is 15.9. The fourth-order valence-electron chi connectivity index (χ4n) is 2.00. The molecular formula is C17H19NO4. The number of ether oxygens (including phenoxy) is 2. The number of rotatable bonds is 6. The highest BCUT2D eigenvalue weighted by atomic mass is 16.5. The maximum absolute atomic E-state index is 10.9. The Hall–Kier alpha value is -2.53. The topological polar surface area (TPSA) is 86.2 Å². The number of carbonyl (C=O) groups is 1. The van der Waals surface area contributed by atoms with Gasteiger partial charge in [0.1, 0.15) is 12.6 Å². The Bertz CT molecular complexity index is 652. The van der Waals surface area contributed by atoms with E-state index in [1.54, 1.807) is 18.2 Å². The van der Waals surface area contributed by atoms with Gasteiger partial charge in [0.15, 0.2) is 17.5 Å². The average molecular weight is 301 g/mol. The number of carbonyl (C=O) groups excluding carboxylic acids is 1. The van der Waals surface area contributed by atoms with Gasteiger partial charge in [-0.25, -0.2) is 0 Å². The predicted molar refractivity (Wildman–Crippen MR) is 79.1 cm³/mol. The highest BCUT2D eigenvalue weighted by molar-refractivity contribution is 5.72. The highest BCUT2D eigenvalue weighted by Gasteiger charge is 2.14. The number of carboxylic acids is 1. The molecule has 0 aromatic heterocycles. The summed E-state index contributed by atoms with van der Waals surface area (Å²) >= 11 is 0. The Balaban J connectivity index is 2.13. The fraction of sp³-hybridized carbons (Fsp3) is 0.235. The summed E-state index contributed by atoms with van der Waals surface area (Å²) in [5.41, 5.74) is 6.30. The van der Waals surface area contributed by atoms with Crippen molar-refractivity contribution in [3.05, 3.63) is 59.2 Å². The summed E-state index contributed by atoms with van der Waals surface area (Å²) < 4.78 is 11.0. The lowest BCUT2D eigenvalue weighted by Crippen LogP contribution is -2.61. The van der Waals surface area contributed by atoms with E-state index in [1.165, 1.54) is 12.7 Å². The van der Waals surface area contributed by atoms with Crippen molar-refractivity contribution in [2.75, 3.05) is 7.11 Å². The molecule has 5 nitrogen and oxygen atoms in total. The number of aliphatic carboxylic acids is 1. The van der Waals surface area contributed by atoms with Gasteiger partial charge in [-0.15, -0.1) is 0 Å². The second kappa shape index (κ2) is 6.95. The molecule has 0 aliphatic carbocycles. The number of carboxylic acid groups (broad SMARTS) is 1. The quantitative estimate of drug-likeness (QED) is 0.847. The molecule has 0 amide bonds. The molecule has 22 heavy (non-hydrogen) atoms. The van der Waals surface area contributed by atoms with Crippen molar-refractivity contribution in [2.24, 2.45) is 0 Å². The number of hydrogen-bond acceptors (Lipinski definition) is 4. The normalized spacial score (nSPS) is 11.8. The molecule has 5 heteroatoms. The molecule has 2 rings (SSSR count). The Labute approximate surface area is 129 Å². The van der Waals surface area contributed by atoms with Crippen molar-refractivity contribution in [1.29, 1.82) is 0 Å². The summed E-state index contributed by atoms with van der Waals surface area (Å²) in [5, 5.41) is 10.9. The number of aryl methyl sites for hydroxylation is 1. The van der Waals surface area contributed by atoms with Gasteiger partial charge in [-0.3, -0.25) is 0 Å². The Morgan fingerprint density at radius 1 is 1.18 bits per heavy atom. The Morgan fingerprint density at radius 2 is 1.86 bits per heavy atom. The number of methoxy groups -OCH3 is 1. The lowest BCUT2D eigenvalue weighted by Gasteiger charge is -2.14. The number of quaternary nitrogens is 1. The van der Waals surface area contributed by atoms with E-state index in [9.17, 15) is 9.90 Å². The van der Waals surface area contributed by atoms with Crippen LogP contribution in [0.1, 0.15) is 22.7 Å².